The maximum Gasteiger partial charge on any atom is 0.219 e. The Morgan fingerprint density at radius 3 is 1.06 bits per heavy atom. The highest BCUT2D eigenvalue weighted by Crippen LogP contribution is 2.14. The second-order valence-corrected chi connectivity index (χ2v) is 9.88. The second kappa shape index (κ2) is 27.5. The molecule has 0 aromatic heterocycles. The Bertz CT molecular complexity index is 342. The minimum absolute atomic E-state index is 0.272. The maximum atomic E-state index is 11.9. The van der Waals surface area contributed by atoms with Crippen LogP contribution in [-0.2, 0) is 4.79 Å². The van der Waals surface area contributed by atoms with Crippen LogP contribution in [0.2, 0.25) is 0 Å². The van der Waals surface area contributed by atoms with Crippen molar-refractivity contribution in [3.05, 3.63) is 0 Å². The highest BCUT2D eigenvalue weighted by molar-refractivity contribution is 5.75. The van der Waals surface area contributed by atoms with Crippen molar-refractivity contribution < 1.29 is 4.79 Å². The van der Waals surface area contributed by atoms with Crippen molar-refractivity contribution in [2.75, 3.05) is 6.54 Å². The second-order valence-electron chi connectivity index (χ2n) is 9.88. The summed E-state index contributed by atoms with van der Waals surface area (Å²) < 4.78 is 0. The van der Waals surface area contributed by atoms with Gasteiger partial charge in [0.25, 0.3) is 0 Å². The van der Waals surface area contributed by atoms with Gasteiger partial charge in [-0.1, -0.05) is 155 Å². The summed E-state index contributed by atoms with van der Waals surface area (Å²) in [6.07, 6.45) is 33.4. The molecule has 0 unspecified atom stereocenters. The zero-order valence-electron chi connectivity index (χ0n) is 21.8. The molecule has 0 aliphatic rings. The minimum Gasteiger partial charge on any atom is -0.356 e. The molecule has 0 bridgehead atoms. The van der Waals surface area contributed by atoms with Crippen LogP contribution in [0, 0.1) is 0 Å². The number of unbranched alkanes of at least 4 members (excludes halogenated alkanes) is 22. The summed E-state index contributed by atoms with van der Waals surface area (Å²) in [5.41, 5.74) is 0. The summed E-state index contributed by atoms with van der Waals surface area (Å²) in [6, 6.07) is 0. The number of nitrogens with one attached hydrogen (secondary N) is 1. The van der Waals surface area contributed by atoms with Crippen molar-refractivity contribution in [3.63, 3.8) is 0 Å². The van der Waals surface area contributed by atoms with Crippen molar-refractivity contribution in [1.29, 1.82) is 0 Å². The standard InChI is InChI=1S/C29H59NO/c1-3-5-7-9-11-13-14-15-16-17-18-19-21-23-25-27-29(31)30-28-26-24-22-20-12-10-8-6-4-2/h3-28H2,1-2H3,(H,30,31). The van der Waals surface area contributed by atoms with E-state index < -0.39 is 0 Å². The molecule has 0 aliphatic heterocycles. The van der Waals surface area contributed by atoms with Gasteiger partial charge in [-0.15, -0.1) is 0 Å². The van der Waals surface area contributed by atoms with E-state index in [4.69, 9.17) is 0 Å². The zero-order valence-corrected chi connectivity index (χ0v) is 21.8. The van der Waals surface area contributed by atoms with Gasteiger partial charge in [0.15, 0.2) is 0 Å². The summed E-state index contributed by atoms with van der Waals surface area (Å²) in [5.74, 6) is 0.272. The van der Waals surface area contributed by atoms with Gasteiger partial charge < -0.3 is 5.32 Å². The number of hydrogen-bond acceptors (Lipinski definition) is 1. The van der Waals surface area contributed by atoms with Crippen molar-refractivity contribution in [2.24, 2.45) is 0 Å². The Kier molecular flexibility index (Phi) is 27.0. The van der Waals surface area contributed by atoms with Crippen molar-refractivity contribution in [1.82, 2.24) is 5.32 Å². The Labute approximate surface area is 197 Å². The van der Waals surface area contributed by atoms with Gasteiger partial charge >= 0.3 is 0 Å². The summed E-state index contributed by atoms with van der Waals surface area (Å²) in [4.78, 5) is 11.9. The van der Waals surface area contributed by atoms with Gasteiger partial charge in [-0.3, -0.25) is 4.79 Å². The number of carbonyl (C=O) groups excluding carboxylic acids is 1. The van der Waals surface area contributed by atoms with E-state index in [9.17, 15) is 4.79 Å². The molecule has 0 aromatic carbocycles. The van der Waals surface area contributed by atoms with Crippen LogP contribution in [-0.4, -0.2) is 12.5 Å². The van der Waals surface area contributed by atoms with Crippen LogP contribution in [0.25, 0.3) is 0 Å². The number of hydrogen-bond donors (Lipinski definition) is 1. The Morgan fingerprint density at radius 1 is 0.419 bits per heavy atom. The largest absolute Gasteiger partial charge is 0.356 e. The first kappa shape index (κ1) is 30.5. The number of amides is 1. The molecule has 0 saturated heterocycles. The predicted octanol–water partition coefficient (Wildman–Crippen LogP) is 9.89. The third-order valence-electron chi connectivity index (χ3n) is 6.61. The number of carbonyl (C=O) groups is 1. The lowest BCUT2D eigenvalue weighted by Crippen LogP contribution is -2.23. The summed E-state index contributed by atoms with van der Waals surface area (Å²) >= 11 is 0. The highest BCUT2D eigenvalue weighted by Gasteiger charge is 2.01. The molecule has 0 rings (SSSR count). The average Bonchev–Trinajstić information content (AvgIpc) is 2.77. The quantitative estimate of drug-likeness (QED) is 0.134. The molecular weight excluding hydrogens is 378 g/mol. The van der Waals surface area contributed by atoms with Crippen LogP contribution < -0.4 is 5.32 Å². The van der Waals surface area contributed by atoms with Gasteiger partial charge in [0.05, 0.1) is 0 Å². The zero-order chi connectivity index (χ0) is 22.7. The molecule has 31 heavy (non-hydrogen) atoms. The normalized spacial score (nSPS) is 11.2. The lowest BCUT2D eigenvalue weighted by atomic mass is 10.0. The highest BCUT2D eigenvalue weighted by atomic mass is 16.1. The molecule has 2 heteroatoms. The molecule has 2 nitrogen and oxygen atoms in total. The molecule has 0 radical (unpaired) electrons. The molecule has 0 saturated carbocycles. The monoisotopic (exact) mass is 437 g/mol. The Morgan fingerprint density at radius 2 is 0.710 bits per heavy atom. The molecule has 0 aliphatic carbocycles. The topological polar surface area (TPSA) is 29.1 Å². The molecule has 0 aromatic rings. The minimum atomic E-state index is 0.272. The molecule has 0 atom stereocenters. The molecule has 1 amide bonds. The van der Waals surface area contributed by atoms with Crippen molar-refractivity contribution in [2.45, 2.75) is 174 Å². The molecular formula is C29H59NO. The van der Waals surface area contributed by atoms with E-state index in [1.165, 1.54) is 141 Å². The van der Waals surface area contributed by atoms with E-state index in [0.717, 1.165) is 25.8 Å². The van der Waals surface area contributed by atoms with Gasteiger partial charge in [-0.25, -0.2) is 0 Å². The summed E-state index contributed by atoms with van der Waals surface area (Å²) in [7, 11) is 0. The van der Waals surface area contributed by atoms with Gasteiger partial charge in [-0.05, 0) is 12.8 Å². The lowest BCUT2D eigenvalue weighted by molar-refractivity contribution is -0.121. The molecule has 0 fully saturated rings. The molecule has 0 heterocycles. The first-order chi connectivity index (χ1) is 15.3. The van der Waals surface area contributed by atoms with E-state index >= 15 is 0 Å². The maximum absolute atomic E-state index is 11.9. The molecule has 186 valence electrons. The Hall–Kier alpha value is -0.530. The third kappa shape index (κ3) is 27.4. The van der Waals surface area contributed by atoms with Crippen molar-refractivity contribution in [3.8, 4) is 0 Å². The van der Waals surface area contributed by atoms with Crippen LogP contribution in [0.5, 0.6) is 0 Å². The first-order valence-corrected chi connectivity index (χ1v) is 14.6. The molecule has 0 spiro atoms. The van der Waals surface area contributed by atoms with Gasteiger partial charge in [0.1, 0.15) is 0 Å². The summed E-state index contributed by atoms with van der Waals surface area (Å²) in [5, 5.41) is 3.11. The first-order valence-electron chi connectivity index (χ1n) is 14.6. The van der Waals surface area contributed by atoms with Gasteiger partial charge in [0.2, 0.25) is 5.91 Å². The fraction of sp³-hybridized carbons (Fsp3) is 0.966. The molecule has 1 N–H and O–H groups in total. The fourth-order valence-electron chi connectivity index (χ4n) is 4.41. The SMILES string of the molecule is CCCCCCCCCCCCCCCCCC(=O)NCCCCCCCCCCC. The van der Waals surface area contributed by atoms with Crippen molar-refractivity contribution >= 4 is 5.91 Å². The van der Waals surface area contributed by atoms with Crippen LogP contribution >= 0.6 is 0 Å². The lowest BCUT2D eigenvalue weighted by Gasteiger charge is -2.06. The van der Waals surface area contributed by atoms with E-state index in [1.54, 1.807) is 0 Å². The van der Waals surface area contributed by atoms with E-state index in [2.05, 4.69) is 19.2 Å². The average molecular weight is 438 g/mol. The summed E-state index contributed by atoms with van der Waals surface area (Å²) in [6.45, 7) is 5.44. The van der Waals surface area contributed by atoms with E-state index in [1.807, 2.05) is 0 Å². The predicted molar refractivity (Wildman–Crippen MR) is 140 cm³/mol. The van der Waals surface area contributed by atoms with Crippen LogP contribution in [0.4, 0.5) is 0 Å². The fourth-order valence-corrected chi connectivity index (χ4v) is 4.41. The van der Waals surface area contributed by atoms with E-state index in [0.29, 0.717) is 0 Å². The van der Waals surface area contributed by atoms with Gasteiger partial charge in [0, 0.05) is 13.0 Å². The van der Waals surface area contributed by atoms with Gasteiger partial charge in [-0.2, -0.15) is 0 Å². The number of rotatable bonds is 26. The third-order valence-corrected chi connectivity index (χ3v) is 6.61. The Balaban J connectivity index is 3.13. The van der Waals surface area contributed by atoms with Crippen LogP contribution in [0.1, 0.15) is 174 Å². The smallest absolute Gasteiger partial charge is 0.219 e. The van der Waals surface area contributed by atoms with Crippen LogP contribution in [0.15, 0.2) is 0 Å². The van der Waals surface area contributed by atoms with E-state index in [-0.39, 0.29) is 5.91 Å². The van der Waals surface area contributed by atoms with Crippen LogP contribution in [0.3, 0.4) is 0 Å².